The number of para-hydroxylation sites is 1. The van der Waals surface area contributed by atoms with Gasteiger partial charge in [0.2, 0.25) is 0 Å². The lowest BCUT2D eigenvalue weighted by molar-refractivity contribution is 0.0215. The predicted molar refractivity (Wildman–Crippen MR) is 127 cm³/mol. The normalized spacial score (nSPS) is 25.2. The molecular weight excluding hydrogens is 380 g/mol. The largest absolute Gasteiger partial charge is 0.496 e. The van der Waals surface area contributed by atoms with Gasteiger partial charge in [-0.2, -0.15) is 0 Å². The third kappa shape index (κ3) is 4.03. The van der Waals surface area contributed by atoms with Crippen LogP contribution < -0.4 is 4.74 Å². The number of hydrogen-bond acceptors (Lipinski definition) is 3. The first-order valence-corrected chi connectivity index (χ1v) is 11.4. The lowest BCUT2D eigenvalue weighted by atomic mass is 9.71. The number of aliphatic imine (C=N–C) groups is 1. The lowest BCUT2D eigenvalue weighted by Crippen LogP contribution is -2.59. The molecule has 3 heteroatoms. The minimum atomic E-state index is 0.276. The Hall–Kier alpha value is -2.91. The van der Waals surface area contributed by atoms with Gasteiger partial charge in [-0.15, -0.1) is 0 Å². The molecule has 3 fully saturated rings. The summed E-state index contributed by atoms with van der Waals surface area (Å²) in [7, 11) is 1.73. The third-order valence-electron chi connectivity index (χ3n) is 7.01. The van der Waals surface area contributed by atoms with Gasteiger partial charge in [-0.1, -0.05) is 72.8 Å². The van der Waals surface area contributed by atoms with E-state index < -0.39 is 0 Å². The second kappa shape index (κ2) is 9.07. The molecule has 158 valence electrons. The molecule has 3 saturated heterocycles. The van der Waals surface area contributed by atoms with Crippen LogP contribution in [0.3, 0.4) is 0 Å². The quantitative estimate of drug-likeness (QED) is 0.508. The summed E-state index contributed by atoms with van der Waals surface area (Å²) in [6, 6.07) is 30.8. The molecule has 0 spiro atoms. The van der Waals surface area contributed by atoms with Crippen LogP contribution in [0.2, 0.25) is 0 Å². The van der Waals surface area contributed by atoms with E-state index in [9.17, 15) is 0 Å². The Bertz CT molecular complexity index is 970. The first kappa shape index (κ1) is 20.0. The topological polar surface area (TPSA) is 24.8 Å². The standard InChI is InChI=1S/C28H30N2O/c1-31-25-15-9-8-14-24(25)20-29-27-23-16-18-30(19-17-23)28(27)26(21-10-4-2-5-11-21)22-12-6-3-7-13-22/h2-15,20,23,26-28H,16-19H2,1H3/t27-,28+/m1/s1. The highest BCUT2D eigenvalue weighted by molar-refractivity contribution is 5.83. The molecule has 6 rings (SSSR count). The molecule has 0 aliphatic carbocycles. The van der Waals surface area contributed by atoms with Gasteiger partial charge in [0.25, 0.3) is 0 Å². The van der Waals surface area contributed by atoms with Crippen LogP contribution in [0.5, 0.6) is 5.75 Å². The molecule has 0 amide bonds. The summed E-state index contributed by atoms with van der Waals surface area (Å²) in [5.74, 6) is 1.83. The highest BCUT2D eigenvalue weighted by atomic mass is 16.5. The monoisotopic (exact) mass is 410 g/mol. The zero-order valence-electron chi connectivity index (χ0n) is 18.1. The van der Waals surface area contributed by atoms with Crippen LogP contribution in [-0.2, 0) is 0 Å². The van der Waals surface area contributed by atoms with Crippen molar-refractivity contribution >= 4 is 6.21 Å². The molecule has 31 heavy (non-hydrogen) atoms. The van der Waals surface area contributed by atoms with Crippen molar-refractivity contribution in [1.29, 1.82) is 0 Å². The SMILES string of the molecule is COc1ccccc1C=N[C@@H]1C2CCN(CC2)[C@H]1C(c1ccccc1)c1ccccc1. The van der Waals surface area contributed by atoms with Gasteiger partial charge in [-0.05, 0) is 55.1 Å². The van der Waals surface area contributed by atoms with Gasteiger partial charge in [-0.3, -0.25) is 9.89 Å². The van der Waals surface area contributed by atoms with Crippen molar-refractivity contribution in [2.45, 2.75) is 30.8 Å². The summed E-state index contributed by atoms with van der Waals surface area (Å²) in [6.45, 7) is 2.35. The van der Waals surface area contributed by atoms with Gasteiger partial charge in [0.1, 0.15) is 5.75 Å². The number of piperidine rings is 3. The Morgan fingerprint density at radius 2 is 1.42 bits per heavy atom. The number of rotatable bonds is 6. The third-order valence-corrected chi connectivity index (χ3v) is 7.01. The van der Waals surface area contributed by atoms with Gasteiger partial charge < -0.3 is 4.74 Å². The summed E-state index contributed by atoms with van der Waals surface area (Å²) in [6.07, 6.45) is 4.52. The van der Waals surface area contributed by atoms with E-state index in [4.69, 9.17) is 9.73 Å². The maximum atomic E-state index is 5.56. The summed E-state index contributed by atoms with van der Waals surface area (Å²) in [5.41, 5.74) is 3.81. The van der Waals surface area contributed by atoms with E-state index in [0.717, 1.165) is 11.3 Å². The van der Waals surface area contributed by atoms with Gasteiger partial charge in [0, 0.05) is 23.7 Å². The molecule has 0 aromatic heterocycles. The second-order valence-corrected chi connectivity index (χ2v) is 8.67. The van der Waals surface area contributed by atoms with E-state index in [1.807, 2.05) is 18.3 Å². The zero-order chi connectivity index (χ0) is 21.0. The van der Waals surface area contributed by atoms with Crippen LogP contribution in [0.25, 0.3) is 0 Å². The zero-order valence-corrected chi connectivity index (χ0v) is 18.1. The highest BCUT2D eigenvalue weighted by Crippen LogP contribution is 2.43. The molecule has 3 aliphatic heterocycles. The first-order chi connectivity index (χ1) is 15.3. The van der Waals surface area contributed by atoms with E-state index in [0.29, 0.717) is 17.9 Å². The molecule has 3 aromatic rings. The van der Waals surface area contributed by atoms with E-state index in [1.165, 1.54) is 37.1 Å². The number of hydrogen-bond donors (Lipinski definition) is 0. The summed E-state index contributed by atoms with van der Waals surface area (Å²) < 4.78 is 5.56. The smallest absolute Gasteiger partial charge is 0.127 e. The van der Waals surface area contributed by atoms with Crippen molar-refractivity contribution in [3.63, 3.8) is 0 Å². The minimum Gasteiger partial charge on any atom is -0.496 e. The van der Waals surface area contributed by atoms with E-state index >= 15 is 0 Å². The van der Waals surface area contributed by atoms with Crippen LogP contribution in [0.4, 0.5) is 0 Å². The molecule has 0 N–H and O–H groups in total. The van der Waals surface area contributed by atoms with E-state index in [1.54, 1.807) is 7.11 Å². The molecule has 2 bridgehead atoms. The molecule has 0 saturated carbocycles. The average Bonchev–Trinajstić information content (AvgIpc) is 2.85. The Morgan fingerprint density at radius 3 is 2.03 bits per heavy atom. The van der Waals surface area contributed by atoms with Crippen LogP contribution >= 0.6 is 0 Å². The minimum absolute atomic E-state index is 0.276. The Morgan fingerprint density at radius 1 is 0.839 bits per heavy atom. The van der Waals surface area contributed by atoms with Crippen molar-refractivity contribution in [1.82, 2.24) is 4.90 Å². The summed E-state index contributed by atoms with van der Waals surface area (Å²) in [5, 5.41) is 0. The fourth-order valence-electron chi connectivity index (χ4n) is 5.52. The lowest BCUT2D eigenvalue weighted by Gasteiger charge is -2.52. The summed E-state index contributed by atoms with van der Waals surface area (Å²) in [4.78, 5) is 7.94. The Kier molecular flexibility index (Phi) is 5.86. The van der Waals surface area contributed by atoms with Crippen molar-refractivity contribution in [2.24, 2.45) is 10.9 Å². The molecule has 3 nitrogen and oxygen atoms in total. The second-order valence-electron chi connectivity index (χ2n) is 8.67. The van der Waals surface area contributed by atoms with Crippen LogP contribution in [0.15, 0.2) is 89.9 Å². The number of ether oxygens (including phenoxy) is 1. The van der Waals surface area contributed by atoms with E-state index in [-0.39, 0.29) is 6.04 Å². The fourth-order valence-corrected chi connectivity index (χ4v) is 5.52. The molecule has 3 aliphatic rings. The van der Waals surface area contributed by atoms with Gasteiger partial charge in [0.05, 0.1) is 13.2 Å². The average molecular weight is 411 g/mol. The van der Waals surface area contributed by atoms with Crippen LogP contribution in [0.1, 0.15) is 35.4 Å². The molecule has 0 unspecified atom stereocenters. The maximum absolute atomic E-state index is 5.56. The Balaban J connectivity index is 1.56. The molecule has 2 atom stereocenters. The van der Waals surface area contributed by atoms with E-state index in [2.05, 4.69) is 77.7 Å². The molecule has 0 radical (unpaired) electrons. The highest BCUT2D eigenvalue weighted by Gasteiger charge is 2.46. The number of fused-ring (bicyclic) bond motifs is 3. The van der Waals surface area contributed by atoms with Crippen molar-refractivity contribution in [2.75, 3.05) is 20.2 Å². The van der Waals surface area contributed by atoms with Gasteiger partial charge in [0.15, 0.2) is 0 Å². The predicted octanol–water partition coefficient (Wildman–Crippen LogP) is 5.41. The van der Waals surface area contributed by atoms with Gasteiger partial charge in [-0.25, -0.2) is 0 Å². The summed E-state index contributed by atoms with van der Waals surface area (Å²) >= 11 is 0. The maximum Gasteiger partial charge on any atom is 0.127 e. The molecular formula is C28H30N2O. The van der Waals surface area contributed by atoms with Gasteiger partial charge >= 0.3 is 0 Å². The van der Waals surface area contributed by atoms with Crippen molar-refractivity contribution < 1.29 is 4.74 Å². The molecule has 3 heterocycles. The van der Waals surface area contributed by atoms with Crippen molar-refractivity contribution in [3.8, 4) is 5.75 Å². The number of methoxy groups -OCH3 is 1. The first-order valence-electron chi connectivity index (χ1n) is 11.4. The number of nitrogens with zero attached hydrogens (tertiary/aromatic N) is 2. The van der Waals surface area contributed by atoms with Crippen LogP contribution in [0, 0.1) is 5.92 Å². The Labute approximate surface area is 185 Å². The number of benzene rings is 3. The van der Waals surface area contributed by atoms with Crippen LogP contribution in [-0.4, -0.2) is 43.4 Å². The van der Waals surface area contributed by atoms with Crippen molar-refractivity contribution in [3.05, 3.63) is 102 Å². The molecule has 3 aromatic carbocycles. The fraction of sp³-hybridized carbons (Fsp3) is 0.321.